The summed E-state index contributed by atoms with van der Waals surface area (Å²) in [4.78, 5) is 10.4. The molecule has 0 aliphatic rings. The lowest BCUT2D eigenvalue weighted by atomic mass is 10.3. The van der Waals surface area contributed by atoms with E-state index in [4.69, 9.17) is 0 Å². The van der Waals surface area contributed by atoms with Crippen LogP contribution in [0.25, 0.3) is 0 Å². The number of carbonyl (C=O) groups excluding carboxylic acids is 1. The van der Waals surface area contributed by atoms with E-state index >= 15 is 0 Å². The molecule has 52 valence electrons. The van der Waals surface area contributed by atoms with Crippen molar-refractivity contribution >= 4 is 6.09 Å². The molecule has 0 aliphatic carbocycles. The number of carbonyl (C=O) groups is 1. The number of amides is 1. The summed E-state index contributed by atoms with van der Waals surface area (Å²) in [5.74, 6) is 0. The molecular formula is C6H11NO2. The molecule has 0 spiro atoms. The molecule has 0 heterocycles. The largest absolute Gasteiger partial charge is 0.453 e. The maximum absolute atomic E-state index is 10.4. The number of alkyl carbamates (subject to hydrolysis) is 1. The molecule has 0 bridgehead atoms. The molecule has 1 atom stereocenters. The Labute approximate surface area is 54.7 Å². The smallest absolute Gasteiger partial charge is 0.407 e. The molecule has 3 heteroatoms. The Morgan fingerprint density at radius 1 is 1.89 bits per heavy atom. The molecule has 3 nitrogen and oxygen atoms in total. The fourth-order valence-electron chi connectivity index (χ4n) is 0.304. The van der Waals surface area contributed by atoms with Crippen molar-refractivity contribution in [3.05, 3.63) is 12.7 Å². The molecule has 9 heavy (non-hydrogen) atoms. The summed E-state index contributed by atoms with van der Waals surface area (Å²) in [7, 11) is 1.32. The van der Waals surface area contributed by atoms with Crippen molar-refractivity contribution in [3.63, 3.8) is 0 Å². The fourth-order valence-corrected chi connectivity index (χ4v) is 0.304. The monoisotopic (exact) mass is 129 g/mol. The summed E-state index contributed by atoms with van der Waals surface area (Å²) in [5, 5.41) is 2.50. The highest BCUT2D eigenvalue weighted by Gasteiger charge is 1.99. The Kier molecular flexibility index (Phi) is 3.51. The summed E-state index contributed by atoms with van der Waals surface area (Å²) in [6, 6.07) is -0.0301. The minimum absolute atomic E-state index is 0.0301. The second kappa shape index (κ2) is 3.95. The zero-order valence-corrected chi connectivity index (χ0v) is 5.68. The van der Waals surface area contributed by atoms with Crippen molar-refractivity contribution < 1.29 is 9.53 Å². The average molecular weight is 129 g/mol. The summed E-state index contributed by atoms with van der Waals surface area (Å²) in [5.41, 5.74) is 0. The lowest BCUT2D eigenvalue weighted by Gasteiger charge is -2.05. The van der Waals surface area contributed by atoms with Gasteiger partial charge in [-0.2, -0.15) is 0 Å². The van der Waals surface area contributed by atoms with Crippen molar-refractivity contribution in [2.24, 2.45) is 0 Å². The molecule has 0 saturated heterocycles. The molecule has 0 unspecified atom stereocenters. The number of hydrogen-bond donors (Lipinski definition) is 1. The fraction of sp³-hybridized carbons (Fsp3) is 0.500. The molecule has 0 aliphatic heterocycles. The van der Waals surface area contributed by atoms with E-state index in [1.54, 1.807) is 6.08 Å². The minimum Gasteiger partial charge on any atom is -0.453 e. The Bertz CT molecular complexity index is 112. The molecule has 0 fully saturated rings. The van der Waals surface area contributed by atoms with Crippen LogP contribution >= 0.6 is 0 Å². The second-order valence-corrected chi connectivity index (χ2v) is 1.66. The van der Waals surface area contributed by atoms with Gasteiger partial charge in [0.1, 0.15) is 0 Å². The van der Waals surface area contributed by atoms with Crippen molar-refractivity contribution in [1.82, 2.24) is 5.32 Å². The number of hydrogen-bond acceptors (Lipinski definition) is 2. The van der Waals surface area contributed by atoms with E-state index in [9.17, 15) is 4.79 Å². The molecule has 0 radical (unpaired) electrons. The van der Waals surface area contributed by atoms with Gasteiger partial charge in [-0.25, -0.2) is 4.79 Å². The van der Waals surface area contributed by atoms with Gasteiger partial charge in [-0.3, -0.25) is 0 Å². The van der Waals surface area contributed by atoms with Crippen LogP contribution < -0.4 is 5.32 Å². The number of ether oxygens (including phenoxy) is 1. The van der Waals surface area contributed by atoms with E-state index in [-0.39, 0.29) is 6.04 Å². The Morgan fingerprint density at radius 3 is 2.78 bits per heavy atom. The van der Waals surface area contributed by atoms with Crippen LogP contribution in [-0.4, -0.2) is 19.2 Å². The van der Waals surface area contributed by atoms with Gasteiger partial charge in [-0.05, 0) is 6.92 Å². The average Bonchev–Trinajstić information content (AvgIpc) is 1.87. The topological polar surface area (TPSA) is 38.3 Å². The van der Waals surface area contributed by atoms with Gasteiger partial charge in [0.2, 0.25) is 0 Å². The molecule has 0 saturated carbocycles. The predicted octanol–water partition coefficient (Wildman–Crippen LogP) is 0.917. The number of methoxy groups -OCH3 is 1. The summed E-state index contributed by atoms with van der Waals surface area (Å²) >= 11 is 0. The Morgan fingerprint density at radius 2 is 2.44 bits per heavy atom. The highest BCUT2D eigenvalue weighted by atomic mass is 16.5. The molecule has 0 aromatic carbocycles. The molecule has 0 aromatic rings. The normalized spacial score (nSPS) is 11.8. The van der Waals surface area contributed by atoms with Crippen LogP contribution in [0.1, 0.15) is 6.92 Å². The van der Waals surface area contributed by atoms with E-state index in [0.717, 1.165) is 0 Å². The molecule has 0 aromatic heterocycles. The Balaban J connectivity index is 3.46. The minimum atomic E-state index is -0.428. The van der Waals surface area contributed by atoms with Crippen molar-refractivity contribution in [1.29, 1.82) is 0 Å². The quantitative estimate of drug-likeness (QED) is 0.563. The third-order valence-electron chi connectivity index (χ3n) is 0.884. The van der Waals surface area contributed by atoms with E-state index in [1.165, 1.54) is 7.11 Å². The first kappa shape index (κ1) is 8.01. The maximum atomic E-state index is 10.4. The summed E-state index contributed by atoms with van der Waals surface area (Å²) in [6.07, 6.45) is 1.19. The van der Waals surface area contributed by atoms with Gasteiger partial charge in [0.05, 0.1) is 7.11 Å². The lowest BCUT2D eigenvalue weighted by molar-refractivity contribution is 0.169. The van der Waals surface area contributed by atoms with E-state index in [0.29, 0.717) is 0 Å². The van der Waals surface area contributed by atoms with Crippen LogP contribution in [0, 0.1) is 0 Å². The van der Waals surface area contributed by atoms with Crippen LogP contribution in [0.5, 0.6) is 0 Å². The van der Waals surface area contributed by atoms with Crippen molar-refractivity contribution in [2.75, 3.05) is 7.11 Å². The lowest BCUT2D eigenvalue weighted by Crippen LogP contribution is -2.30. The van der Waals surface area contributed by atoms with Crippen LogP contribution in [0.2, 0.25) is 0 Å². The third kappa shape index (κ3) is 3.58. The zero-order chi connectivity index (χ0) is 7.28. The van der Waals surface area contributed by atoms with E-state index in [1.807, 2.05) is 6.92 Å². The Hall–Kier alpha value is -0.990. The number of nitrogens with one attached hydrogen (secondary N) is 1. The van der Waals surface area contributed by atoms with Crippen LogP contribution in [0.15, 0.2) is 12.7 Å². The van der Waals surface area contributed by atoms with Crippen LogP contribution in [0.4, 0.5) is 4.79 Å². The van der Waals surface area contributed by atoms with Gasteiger partial charge in [-0.15, -0.1) is 6.58 Å². The van der Waals surface area contributed by atoms with Gasteiger partial charge >= 0.3 is 6.09 Å². The van der Waals surface area contributed by atoms with Gasteiger partial charge in [-0.1, -0.05) is 6.08 Å². The van der Waals surface area contributed by atoms with Crippen molar-refractivity contribution in [3.8, 4) is 0 Å². The SMILES string of the molecule is C=C[C@H](C)NC(=O)OC. The van der Waals surface area contributed by atoms with E-state index < -0.39 is 6.09 Å². The van der Waals surface area contributed by atoms with Gasteiger partial charge in [0, 0.05) is 6.04 Å². The zero-order valence-electron chi connectivity index (χ0n) is 5.68. The third-order valence-corrected chi connectivity index (χ3v) is 0.884. The highest BCUT2D eigenvalue weighted by molar-refractivity contribution is 5.67. The summed E-state index contributed by atoms with van der Waals surface area (Å²) < 4.78 is 4.32. The van der Waals surface area contributed by atoms with Crippen molar-refractivity contribution in [2.45, 2.75) is 13.0 Å². The maximum Gasteiger partial charge on any atom is 0.407 e. The first-order valence-corrected chi connectivity index (χ1v) is 2.67. The second-order valence-electron chi connectivity index (χ2n) is 1.66. The molecule has 1 amide bonds. The highest BCUT2D eigenvalue weighted by Crippen LogP contribution is 1.81. The molecule has 0 rings (SSSR count). The van der Waals surface area contributed by atoms with Crippen LogP contribution in [0.3, 0.4) is 0 Å². The van der Waals surface area contributed by atoms with Crippen LogP contribution in [-0.2, 0) is 4.74 Å². The molecule has 1 N–H and O–H groups in total. The van der Waals surface area contributed by atoms with Gasteiger partial charge in [0.25, 0.3) is 0 Å². The van der Waals surface area contributed by atoms with Gasteiger partial charge < -0.3 is 10.1 Å². The standard InChI is InChI=1S/C6H11NO2/c1-4-5(2)7-6(8)9-3/h4-5H,1H2,2-3H3,(H,7,8)/t5-/m0/s1. The van der Waals surface area contributed by atoms with E-state index in [2.05, 4.69) is 16.6 Å². The van der Waals surface area contributed by atoms with Gasteiger partial charge in [0.15, 0.2) is 0 Å². The first-order valence-electron chi connectivity index (χ1n) is 2.67. The first-order chi connectivity index (χ1) is 4.20. The molecular weight excluding hydrogens is 118 g/mol. The predicted molar refractivity (Wildman–Crippen MR) is 35.2 cm³/mol. The number of rotatable bonds is 2. The summed E-state index contributed by atoms with van der Waals surface area (Å²) in [6.45, 7) is 5.29.